The molecule has 1 aliphatic carbocycles. The second-order valence-corrected chi connectivity index (χ2v) is 5.40. The highest BCUT2D eigenvalue weighted by Gasteiger charge is 2.14. The van der Waals surface area contributed by atoms with Gasteiger partial charge >= 0.3 is 6.92 Å². The largest absolute Gasteiger partial charge is 0.447 e. The summed E-state index contributed by atoms with van der Waals surface area (Å²) < 4.78 is 1.30. The van der Waals surface area contributed by atoms with Crippen molar-refractivity contribution in [1.82, 2.24) is 0 Å². The van der Waals surface area contributed by atoms with Gasteiger partial charge in [-0.1, -0.05) is 25.0 Å². The van der Waals surface area contributed by atoms with E-state index in [2.05, 4.69) is 24.3 Å². The quantitative estimate of drug-likeness (QED) is 0.744. The van der Waals surface area contributed by atoms with Gasteiger partial charge in [0.1, 0.15) is 0 Å². The summed E-state index contributed by atoms with van der Waals surface area (Å²) in [5.41, 5.74) is 2.50. The summed E-state index contributed by atoms with van der Waals surface area (Å²) in [5.74, 6) is 0. The van der Waals surface area contributed by atoms with Gasteiger partial charge in [-0.25, -0.2) is 0 Å². The molecule has 0 radical (unpaired) electrons. The summed E-state index contributed by atoms with van der Waals surface area (Å²) in [6.45, 7) is 1.44. The summed E-state index contributed by atoms with van der Waals surface area (Å²) in [5, 5.41) is 10.9. The smallest absolute Gasteiger partial charge is 0.320 e. The van der Waals surface area contributed by atoms with Crippen molar-refractivity contribution in [3.8, 4) is 0 Å². The van der Waals surface area contributed by atoms with Gasteiger partial charge in [-0.05, 0) is 41.4 Å². The van der Waals surface area contributed by atoms with Gasteiger partial charge in [-0.2, -0.15) is 0 Å². The first kappa shape index (κ1) is 10.1. The van der Waals surface area contributed by atoms with E-state index in [0.717, 1.165) is 18.3 Å². The van der Waals surface area contributed by atoms with Gasteiger partial charge in [0, 0.05) is 9.58 Å². The molecule has 0 atom stereocenters. The first-order chi connectivity index (χ1) is 7.75. The molecule has 80 valence electrons. The van der Waals surface area contributed by atoms with Crippen LogP contribution < -0.4 is 5.46 Å². The molecule has 1 aliphatic rings. The maximum Gasteiger partial charge on any atom is 0.320 e. The maximum absolute atomic E-state index is 9.58. The first-order valence-electron chi connectivity index (χ1n) is 5.65. The third-order valence-corrected chi connectivity index (χ3v) is 4.32. The molecule has 0 amide bonds. The van der Waals surface area contributed by atoms with Crippen LogP contribution in [0.25, 0.3) is 16.2 Å². The molecular weight excluding hydrogens is 215 g/mol. The highest BCUT2D eigenvalue weighted by Crippen LogP contribution is 2.34. The number of thiophene rings is 1. The highest BCUT2D eigenvalue weighted by atomic mass is 32.1. The number of hydrogen-bond acceptors (Lipinski definition) is 2. The fraction of sp³-hybridized carbons (Fsp3) is 0.231. The van der Waals surface area contributed by atoms with E-state index in [4.69, 9.17) is 0 Å². The Balaban J connectivity index is 2.23. The zero-order valence-corrected chi connectivity index (χ0v) is 10.1. The maximum atomic E-state index is 9.58. The number of benzene rings is 1. The van der Waals surface area contributed by atoms with E-state index in [1.165, 1.54) is 20.5 Å². The molecule has 3 rings (SSSR count). The van der Waals surface area contributed by atoms with Gasteiger partial charge in [0.2, 0.25) is 0 Å². The van der Waals surface area contributed by atoms with E-state index in [1.54, 1.807) is 0 Å². The predicted molar refractivity (Wildman–Crippen MR) is 72.7 cm³/mol. The molecule has 3 heteroatoms. The number of allylic oxidation sites excluding steroid dienone is 1. The lowest BCUT2D eigenvalue weighted by atomic mass is 9.64. The highest BCUT2D eigenvalue weighted by molar-refractivity contribution is 7.20. The van der Waals surface area contributed by atoms with Crippen LogP contribution in [0.3, 0.4) is 0 Å². The van der Waals surface area contributed by atoms with Crippen LogP contribution in [-0.4, -0.2) is 11.9 Å². The van der Waals surface area contributed by atoms with Crippen molar-refractivity contribution in [1.29, 1.82) is 0 Å². The van der Waals surface area contributed by atoms with Crippen LogP contribution in [0.4, 0.5) is 0 Å². The third kappa shape index (κ3) is 1.51. The van der Waals surface area contributed by atoms with Crippen molar-refractivity contribution in [2.24, 2.45) is 0 Å². The molecule has 0 saturated carbocycles. The molecular formula is C13H13BOS. The van der Waals surface area contributed by atoms with Gasteiger partial charge in [0.05, 0.1) is 0 Å². The zero-order valence-electron chi connectivity index (χ0n) is 9.23. The molecule has 0 spiro atoms. The van der Waals surface area contributed by atoms with Gasteiger partial charge in [-0.15, -0.1) is 11.3 Å². The van der Waals surface area contributed by atoms with E-state index in [1.807, 2.05) is 24.2 Å². The van der Waals surface area contributed by atoms with Gasteiger partial charge < -0.3 is 5.02 Å². The fourth-order valence-corrected chi connectivity index (χ4v) is 3.49. The van der Waals surface area contributed by atoms with Crippen molar-refractivity contribution in [2.75, 3.05) is 0 Å². The topological polar surface area (TPSA) is 20.2 Å². The zero-order chi connectivity index (χ0) is 11.1. The molecule has 1 nitrogen and oxygen atoms in total. The van der Waals surface area contributed by atoms with Crippen LogP contribution >= 0.6 is 11.3 Å². The first-order valence-corrected chi connectivity index (χ1v) is 6.47. The minimum atomic E-state index is -0.376. The molecule has 2 aromatic rings. The third-order valence-electron chi connectivity index (χ3n) is 3.16. The molecule has 16 heavy (non-hydrogen) atoms. The normalized spacial score (nSPS) is 14.1. The van der Waals surface area contributed by atoms with Crippen LogP contribution in [0.5, 0.6) is 0 Å². The van der Waals surface area contributed by atoms with Crippen LogP contribution in [-0.2, 0) is 6.42 Å². The summed E-state index contributed by atoms with van der Waals surface area (Å²) in [6.07, 6.45) is 6.77. The van der Waals surface area contributed by atoms with E-state index >= 15 is 0 Å². The molecule has 1 aromatic heterocycles. The molecule has 1 N–H and O–H groups in total. The molecule has 1 heterocycles. The Labute approximate surface area is 99.5 Å². The molecule has 0 saturated heterocycles. The van der Waals surface area contributed by atoms with E-state index in [9.17, 15) is 5.02 Å². The summed E-state index contributed by atoms with van der Waals surface area (Å²) in [7, 11) is 0. The minimum absolute atomic E-state index is 0.376. The van der Waals surface area contributed by atoms with Crippen LogP contribution in [0.2, 0.25) is 6.82 Å². The standard InChI is InChI=1S/C13H13BOS/c1-14(15)9-6-7-11-10-4-2-3-5-12(10)16-13(11)8-9/h3,5-8,15H,2,4H2,1H3. The van der Waals surface area contributed by atoms with Gasteiger partial charge in [-0.3, -0.25) is 0 Å². The van der Waals surface area contributed by atoms with E-state index in [0.29, 0.717) is 0 Å². The van der Waals surface area contributed by atoms with Crippen molar-refractivity contribution in [3.63, 3.8) is 0 Å². The fourth-order valence-electron chi connectivity index (χ4n) is 2.26. The van der Waals surface area contributed by atoms with Crippen molar-refractivity contribution in [3.05, 3.63) is 34.7 Å². The Morgan fingerprint density at radius 3 is 3.06 bits per heavy atom. The number of rotatable bonds is 1. The monoisotopic (exact) mass is 228 g/mol. The van der Waals surface area contributed by atoms with Crippen molar-refractivity contribution in [2.45, 2.75) is 19.7 Å². The average Bonchev–Trinajstić information content (AvgIpc) is 2.66. The predicted octanol–water partition coefficient (Wildman–Crippen LogP) is 2.68. The lowest BCUT2D eigenvalue weighted by Crippen LogP contribution is -2.25. The molecule has 0 fully saturated rings. The van der Waals surface area contributed by atoms with Crippen LogP contribution in [0, 0.1) is 0 Å². The summed E-state index contributed by atoms with van der Waals surface area (Å²) in [6, 6.07) is 6.32. The Morgan fingerprint density at radius 2 is 2.25 bits per heavy atom. The van der Waals surface area contributed by atoms with Crippen LogP contribution in [0.1, 0.15) is 16.9 Å². The molecule has 0 aliphatic heterocycles. The summed E-state index contributed by atoms with van der Waals surface area (Å²) >= 11 is 1.83. The minimum Gasteiger partial charge on any atom is -0.447 e. The Morgan fingerprint density at radius 1 is 1.38 bits per heavy atom. The van der Waals surface area contributed by atoms with Gasteiger partial charge in [0.15, 0.2) is 0 Å². The van der Waals surface area contributed by atoms with Crippen molar-refractivity contribution >= 4 is 39.9 Å². The second-order valence-electron chi connectivity index (χ2n) is 4.32. The molecule has 0 bridgehead atoms. The number of hydrogen-bond donors (Lipinski definition) is 1. The van der Waals surface area contributed by atoms with E-state index in [-0.39, 0.29) is 6.92 Å². The Bertz CT molecular complexity index is 569. The van der Waals surface area contributed by atoms with Crippen LogP contribution in [0.15, 0.2) is 24.3 Å². The Kier molecular flexibility index (Phi) is 2.38. The SMILES string of the molecule is CB(O)c1ccc2c3c(sc2c1)C=CCC3. The molecule has 0 unspecified atom stereocenters. The average molecular weight is 228 g/mol. The second kappa shape index (κ2) is 3.76. The lowest BCUT2D eigenvalue weighted by Gasteiger charge is -2.05. The van der Waals surface area contributed by atoms with Gasteiger partial charge in [0.25, 0.3) is 0 Å². The summed E-state index contributed by atoms with van der Waals surface area (Å²) in [4.78, 5) is 1.39. The number of aryl methyl sites for hydroxylation is 1. The Hall–Kier alpha value is -1.06. The van der Waals surface area contributed by atoms with Crippen molar-refractivity contribution < 1.29 is 5.02 Å². The van der Waals surface area contributed by atoms with E-state index < -0.39 is 0 Å². The number of fused-ring (bicyclic) bond motifs is 3. The molecule has 1 aromatic carbocycles. The lowest BCUT2D eigenvalue weighted by molar-refractivity contribution is 0.594.